The van der Waals surface area contributed by atoms with Gasteiger partial charge in [-0.15, -0.1) is 0 Å². The van der Waals surface area contributed by atoms with Crippen molar-refractivity contribution in [1.29, 1.82) is 0 Å². The van der Waals surface area contributed by atoms with E-state index in [1.54, 1.807) is 0 Å². The standard InChI is InChI=1S/C13H27N3O7.H2O4S/c1-3(17)11-10(21)8(19)6(16)13(22-11)23-12-5(15)2-4(14)7(18)9(12)20;1-5(2,3)4/h3-13,17-21H,2,14-16H2,1H3;(H2,1,2,3,4)/t3-,4+,5-,6-,7-,8-,9+,10+,11-,12+,13-;/m1./s1. The molecular formula is C13H29N3O11S. The second kappa shape index (κ2) is 9.98. The molecule has 0 aromatic carbocycles. The Morgan fingerprint density at radius 2 is 1.46 bits per heavy atom. The summed E-state index contributed by atoms with van der Waals surface area (Å²) in [6.45, 7) is 1.39. The molecule has 0 bridgehead atoms. The third-order valence-corrected chi connectivity index (χ3v) is 4.54. The second-order valence-corrected chi connectivity index (χ2v) is 7.76. The number of hydrogen-bond donors (Lipinski definition) is 10. The molecule has 14 nitrogen and oxygen atoms in total. The molecule has 1 saturated carbocycles. The van der Waals surface area contributed by atoms with Gasteiger partial charge in [-0.25, -0.2) is 0 Å². The molecule has 11 atom stereocenters. The van der Waals surface area contributed by atoms with Crippen molar-refractivity contribution >= 4 is 10.4 Å². The number of ether oxygens (including phenoxy) is 2. The molecule has 0 radical (unpaired) electrons. The van der Waals surface area contributed by atoms with E-state index >= 15 is 0 Å². The average molecular weight is 435 g/mol. The molecule has 0 spiro atoms. The highest BCUT2D eigenvalue weighted by atomic mass is 32.3. The Morgan fingerprint density at radius 3 is 1.93 bits per heavy atom. The van der Waals surface area contributed by atoms with Gasteiger partial charge in [0.1, 0.15) is 30.5 Å². The highest BCUT2D eigenvalue weighted by molar-refractivity contribution is 7.79. The van der Waals surface area contributed by atoms with Gasteiger partial charge in [-0.3, -0.25) is 9.11 Å². The molecule has 0 aromatic heterocycles. The summed E-state index contributed by atoms with van der Waals surface area (Å²) >= 11 is 0. The minimum absolute atomic E-state index is 0.218. The molecule has 2 rings (SSSR count). The van der Waals surface area contributed by atoms with Crippen molar-refractivity contribution in [3.8, 4) is 0 Å². The maximum absolute atomic E-state index is 10.1. The van der Waals surface area contributed by atoms with Crippen molar-refractivity contribution < 1.29 is 52.5 Å². The molecular weight excluding hydrogens is 406 g/mol. The summed E-state index contributed by atoms with van der Waals surface area (Å²) < 4.78 is 42.6. The van der Waals surface area contributed by atoms with Gasteiger partial charge in [-0.05, 0) is 13.3 Å². The van der Waals surface area contributed by atoms with E-state index in [4.69, 9.17) is 44.2 Å². The van der Waals surface area contributed by atoms with Crippen LogP contribution in [0.25, 0.3) is 0 Å². The number of nitrogens with two attached hydrogens (primary N) is 3. The Kier molecular flexibility index (Phi) is 9.10. The van der Waals surface area contributed by atoms with Gasteiger partial charge in [-0.2, -0.15) is 8.42 Å². The summed E-state index contributed by atoms with van der Waals surface area (Å²) in [6.07, 6.45) is -9.55. The Balaban J connectivity index is 0.000000696. The summed E-state index contributed by atoms with van der Waals surface area (Å²) in [4.78, 5) is 0. The average Bonchev–Trinajstić information content (AvgIpc) is 2.54. The quantitative estimate of drug-likeness (QED) is 0.185. The molecule has 28 heavy (non-hydrogen) atoms. The lowest BCUT2D eigenvalue weighted by molar-refractivity contribution is -0.301. The van der Waals surface area contributed by atoms with Crippen molar-refractivity contribution in [2.24, 2.45) is 17.2 Å². The zero-order chi connectivity index (χ0) is 22.0. The number of aliphatic hydroxyl groups is 5. The first-order valence-electron chi connectivity index (χ1n) is 8.33. The van der Waals surface area contributed by atoms with Gasteiger partial charge < -0.3 is 52.2 Å². The molecule has 1 aliphatic carbocycles. The van der Waals surface area contributed by atoms with Crippen LogP contribution in [0.3, 0.4) is 0 Å². The highest BCUT2D eigenvalue weighted by Crippen LogP contribution is 2.28. The van der Waals surface area contributed by atoms with Crippen LogP contribution < -0.4 is 17.2 Å². The minimum Gasteiger partial charge on any atom is -0.391 e. The van der Waals surface area contributed by atoms with Crippen LogP contribution in [0, 0.1) is 0 Å². The minimum atomic E-state index is -4.67. The van der Waals surface area contributed by atoms with Crippen LogP contribution in [0.1, 0.15) is 13.3 Å². The molecule has 1 heterocycles. The zero-order valence-corrected chi connectivity index (χ0v) is 15.8. The lowest BCUT2D eigenvalue weighted by atomic mass is 9.84. The van der Waals surface area contributed by atoms with E-state index in [0.717, 1.165) is 0 Å². The van der Waals surface area contributed by atoms with E-state index in [1.165, 1.54) is 6.92 Å². The molecule has 0 unspecified atom stereocenters. The van der Waals surface area contributed by atoms with Crippen molar-refractivity contribution in [1.82, 2.24) is 0 Å². The van der Waals surface area contributed by atoms with Gasteiger partial charge in [-0.1, -0.05) is 0 Å². The van der Waals surface area contributed by atoms with Crippen LogP contribution in [0.15, 0.2) is 0 Å². The molecule has 1 saturated heterocycles. The maximum atomic E-state index is 10.1. The molecule has 0 aromatic rings. The SMILES string of the molecule is C[C@@H](O)[C@H]1O[C@H](O[C@@H]2[C@@H](O)[C@H](O)[C@@H](N)C[C@H]2N)[C@H](N)[C@@H](O)[C@@H]1O.O=S(=O)(O)O. The van der Waals surface area contributed by atoms with Gasteiger partial charge in [0, 0.05) is 12.1 Å². The van der Waals surface area contributed by atoms with Crippen molar-refractivity contribution in [3.63, 3.8) is 0 Å². The zero-order valence-electron chi connectivity index (χ0n) is 15.0. The molecule has 1 aliphatic heterocycles. The van der Waals surface area contributed by atoms with Gasteiger partial charge in [0.05, 0.1) is 18.2 Å². The molecule has 0 amide bonds. The van der Waals surface area contributed by atoms with E-state index < -0.39 is 77.5 Å². The fourth-order valence-corrected chi connectivity index (χ4v) is 3.06. The predicted octanol–water partition coefficient (Wildman–Crippen LogP) is -5.35. The largest absolute Gasteiger partial charge is 0.394 e. The molecule has 2 fully saturated rings. The van der Waals surface area contributed by atoms with Crippen LogP contribution in [-0.4, -0.2) is 110 Å². The molecule has 2 aliphatic rings. The van der Waals surface area contributed by atoms with Crippen LogP contribution >= 0.6 is 0 Å². The fraction of sp³-hybridized carbons (Fsp3) is 1.00. The van der Waals surface area contributed by atoms with Gasteiger partial charge in [0.15, 0.2) is 6.29 Å². The van der Waals surface area contributed by atoms with E-state index in [0.29, 0.717) is 0 Å². The number of rotatable bonds is 3. The summed E-state index contributed by atoms with van der Waals surface area (Å²) in [5.74, 6) is 0. The topological polar surface area (TPSA) is 272 Å². The predicted molar refractivity (Wildman–Crippen MR) is 92.0 cm³/mol. The van der Waals surface area contributed by atoms with Crippen LogP contribution in [0.4, 0.5) is 0 Å². The van der Waals surface area contributed by atoms with E-state index in [9.17, 15) is 25.5 Å². The Labute approximate surface area is 161 Å². The molecule has 13 N–H and O–H groups in total. The first-order valence-corrected chi connectivity index (χ1v) is 9.72. The Bertz CT molecular complexity index is 586. The van der Waals surface area contributed by atoms with Crippen molar-refractivity contribution in [2.45, 2.75) is 80.5 Å². The normalized spacial score (nSPS) is 45.7. The van der Waals surface area contributed by atoms with Gasteiger partial charge in [0.2, 0.25) is 0 Å². The van der Waals surface area contributed by atoms with Crippen molar-refractivity contribution in [2.75, 3.05) is 0 Å². The third-order valence-electron chi connectivity index (χ3n) is 4.54. The third kappa shape index (κ3) is 6.77. The summed E-state index contributed by atoms with van der Waals surface area (Å²) in [6, 6.07) is -2.47. The molecule has 168 valence electrons. The van der Waals surface area contributed by atoms with Gasteiger partial charge in [0.25, 0.3) is 0 Å². The fourth-order valence-electron chi connectivity index (χ4n) is 3.06. The van der Waals surface area contributed by atoms with E-state index in [-0.39, 0.29) is 6.42 Å². The first-order chi connectivity index (χ1) is 12.6. The number of hydrogen-bond acceptors (Lipinski definition) is 12. The van der Waals surface area contributed by atoms with Crippen molar-refractivity contribution in [3.05, 3.63) is 0 Å². The monoisotopic (exact) mass is 435 g/mol. The van der Waals surface area contributed by atoms with Crippen LogP contribution in [0.2, 0.25) is 0 Å². The van der Waals surface area contributed by atoms with E-state index in [2.05, 4.69) is 0 Å². The lowest BCUT2D eigenvalue weighted by Crippen LogP contribution is -2.67. The Hall–Kier alpha value is -0.530. The summed E-state index contributed by atoms with van der Waals surface area (Å²) in [7, 11) is -4.67. The first kappa shape index (κ1) is 25.5. The summed E-state index contributed by atoms with van der Waals surface area (Å²) in [5, 5.41) is 49.4. The smallest absolute Gasteiger partial charge is 0.391 e. The lowest BCUT2D eigenvalue weighted by Gasteiger charge is -2.46. The van der Waals surface area contributed by atoms with Gasteiger partial charge >= 0.3 is 10.4 Å². The maximum Gasteiger partial charge on any atom is 0.394 e. The molecule has 15 heteroatoms. The van der Waals surface area contributed by atoms with E-state index in [1.807, 2.05) is 0 Å². The summed E-state index contributed by atoms with van der Waals surface area (Å²) in [5.41, 5.74) is 17.4. The Morgan fingerprint density at radius 1 is 0.964 bits per heavy atom. The van der Waals surface area contributed by atoms with Crippen LogP contribution in [0.5, 0.6) is 0 Å². The number of aliphatic hydroxyl groups excluding tert-OH is 5. The highest BCUT2D eigenvalue weighted by Gasteiger charge is 2.49. The second-order valence-electron chi connectivity index (χ2n) is 6.86. The van der Waals surface area contributed by atoms with Crippen LogP contribution in [-0.2, 0) is 19.9 Å².